The summed E-state index contributed by atoms with van der Waals surface area (Å²) in [5.41, 5.74) is -0.0754. The fourth-order valence-corrected chi connectivity index (χ4v) is 2.44. The van der Waals surface area contributed by atoms with Crippen LogP contribution in [0.25, 0.3) is 6.08 Å². The van der Waals surface area contributed by atoms with Crippen LogP contribution in [0.3, 0.4) is 0 Å². The molecule has 0 heterocycles. The van der Waals surface area contributed by atoms with E-state index in [0.717, 1.165) is 18.2 Å². The fourth-order valence-electron chi connectivity index (χ4n) is 2.44. The summed E-state index contributed by atoms with van der Waals surface area (Å²) < 4.78 is 80.6. The summed E-state index contributed by atoms with van der Waals surface area (Å²) >= 11 is 0. The van der Waals surface area contributed by atoms with E-state index in [9.17, 15) is 26.7 Å². The molecule has 0 fully saturated rings. The molecule has 0 amide bonds. The van der Waals surface area contributed by atoms with Gasteiger partial charge >= 0.3 is 18.3 Å². The predicted molar refractivity (Wildman–Crippen MR) is 101 cm³/mol. The van der Waals surface area contributed by atoms with Crippen molar-refractivity contribution >= 4 is 12.0 Å². The van der Waals surface area contributed by atoms with E-state index in [1.807, 2.05) is 0 Å². The second-order valence-corrected chi connectivity index (χ2v) is 6.29. The van der Waals surface area contributed by atoms with Gasteiger partial charge in [0.15, 0.2) is 11.5 Å². The van der Waals surface area contributed by atoms with Crippen LogP contribution in [0.4, 0.5) is 22.0 Å². The van der Waals surface area contributed by atoms with E-state index in [1.165, 1.54) is 43.5 Å². The van der Waals surface area contributed by atoms with Gasteiger partial charge in [-0.2, -0.15) is 22.0 Å². The molecule has 0 aromatic heterocycles. The summed E-state index contributed by atoms with van der Waals surface area (Å²) in [6, 6.07) is 8.48. The second kappa shape index (κ2) is 10.1. The number of carbonyl (C=O) groups is 1. The van der Waals surface area contributed by atoms with E-state index in [1.54, 1.807) is 0 Å². The van der Waals surface area contributed by atoms with Crippen molar-refractivity contribution in [3.8, 4) is 17.2 Å². The van der Waals surface area contributed by atoms with E-state index in [4.69, 9.17) is 19.3 Å². The molecule has 0 atom stereocenters. The lowest BCUT2D eigenvalue weighted by Gasteiger charge is -2.20. The summed E-state index contributed by atoms with van der Waals surface area (Å²) in [5.74, 6) is -1.36. The lowest BCUT2D eigenvalue weighted by molar-refractivity contribution is -0.185. The van der Waals surface area contributed by atoms with E-state index in [2.05, 4.69) is 0 Å². The molecular weight excluding hydrogens is 427 g/mol. The third kappa shape index (κ3) is 7.80. The van der Waals surface area contributed by atoms with Crippen LogP contribution in [0, 0.1) is 0 Å². The van der Waals surface area contributed by atoms with Crippen molar-refractivity contribution < 1.29 is 46.1 Å². The number of aliphatic carboxylic acids is 1. The Kier molecular flexibility index (Phi) is 7.84. The molecule has 0 saturated heterocycles. The minimum Gasteiger partial charge on any atom is -0.493 e. The summed E-state index contributed by atoms with van der Waals surface area (Å²) in [7, 11) is 1.21. The summed E-state index contributed by atoms with van der Waals surface area (Å²) in [5, 5.41) is 8.59. The number of carboxylic acids is 1. The molecule has 2 aromatic rings. The van der Waals surface area contributed by atoms with Gasteiger partial charge in [0.2, 0.25) is 0 Å². The standard InChI is InChI=1S/C21H19F5O5/c1-29-18-13-15(6-9-17(18)30-12-2-11-20(22,23)24)21(25,26)31-16-7-3-14(4-8-16)5-10-19(27)28/h3-10,13H,2,11-12H2,1H3,(H,27,28)/b10-5+. The molecule has 0 radical (unpaired) electrons. The molecule has 10 heteroatoms. The highest BCUT2D eigenvalue weighted by molar-refractivity contribution is 5.85. The highest BCUT2D eigenvalue weighted by Gasteiger charge is 2.35. The van der Waals surface area contributed by atoms with Crippen LogP contribution in [0.5, 0.6) is 17.2 Å². The van der Waals surface area contributed by atoms with Crippen molar-refractivity contribution in [2.75, 3.05) is 13.7 Å². The van der Waals surface area contributed by atoms with Gasteiger partial charge < -0.3 is 19.3 Å². The molecule has 0 bridgehead atoms. The monoisotopic (exact) mass is 446 g/mol. The minimum absolute atomic E-state index is 0.0267. The van der Waals surface area contributed by atoms with Crippen molar-refractivity contribution in [3.63, 3.8) is 0 Å². The Balaban J connectivity index is 2.07. The van der Waals surface area contributed by atoms with Crippen LogP contribution in [-0.2, 0) is 10.9 Å². The van der Waals surface area contributed by atoms with Crippen LogP contribution in [0.15, 0.2) is 48.5 Å². The zero-order valence-electron chi connectivity index (χ0n) is 16.3. The molecule has 168 valence electrons. The maximum Gasteiger partial charge on any atom is 0.426 e. The molecule has 0 aliphatic rings. The lowest BCUT2D eigenvalue weighted by Crippen LogP contribution is -2.22. The van der Waals surface area contributed by atoms with Gasteiger partial charge in [-0.1, -0.05) is 12.1 Å². The number of benzene rings is 2. The average Bonchev–Trinajstić information content (AvgIpc) is 2.69. The lowest BCUT2D eigenvalue weighted by atomic mass is 10.1. The molecular formula is C21H19F5O5. The molecule has 0 aliphatic heterocycles. The maximum absolute atomic E-state index is 14.5. The van der Waals surface area contributed by atoms with Crippen LogP contribution in [0.2, 0.25) is 0 Å². The Morgan fingerprint density at radius 3 is 2.29 bits per heavy atom. The Morgan fingerprint density at radius 1 is 1.03 bits per heavy atom. The molecule has 0 unspecified atom stereocenters. The molecule has 31 heavy (non-hydrogen) atoms. The SMILES string of the molecule is COc1cc(C(F)(F)Oc2ccc(/C=C/C(=O)O)cc2)ccc1OCCCC(F)(F)F. The zero-order valence-corrected chi connectivity index (χ0v) is 16.3. The average molecular weight is 446 g/mol. The number of carboxylic acid groups (broad SMARTS) is 1. The molecule has 2 rings (SSSR count). The van der Waals surface area contributed by atoms with Gasteiger partial charge in [-0.15, -0.1) is 0 Å². The first kappa shape index (κ1) is 24.0. The molecule has 0 spiro atoms. The maximum atomic E-state index is 14.5. The molecule has 2 aromatic carbocycles. The van der Waals surface area contributed by atoms with Crippen LogP contribution in [0.1, 0.15) is 24.0 Å². The van der Waals surface area contributed by atoms with Gasteiger partial charge in [-0.25, -0.2) is 4.79 Å². The van der Waals surface area contributed by atoms with Gasteiger partial charge in [0.05, 0.1) is 19.3 Å². The summed E-state index contributed by atoms with van der Waals surface area (Å²) in [4.78, 5) is 10.5. The van der Waals surface area contributed by atoms with Gasteiger partial charge in [0.25, 0.3) is 0 Å². The first-order valence-electron chi connectivity index (χ1n) is 8.96. The number of rotatable bonds is 10. The van der Waals surface area contributed by atoms with E-state index >= 15 is 0 Å². The minimum atomic E-state index is -4.30. The molecule has 5 nitrogen and oxygen atoms in total. The van der Waals surface area contributed by atoms with Gasteiger partial charge in [0.1, 0.15) is 5.75 Å². The molecule has 1 N–H and O–H groups in total. The number of alkyl halides is 5. The van der Waals surface area contributed by atoms with Crippen LogP contribution >= 0.6 is 0 Å². The first-order valence-corrected chi connectivity index (χ1v) is 8.96. The Morgan fingerprint density at radius 2 is 1.71 bits per heavy atom. The van der Waals surface area contributed by atoms with E-state index in [0.29, 0.717) is 5.56 Å². The van der Waals surface area contributed by atoms with Crippen LogP contribution in [-0.4, -0.2) is 31.0 Å². The highest BCUT2D eigenvalue weighted by atomic mass is 19.4. The smallest absolute Gasteiger partial charge is 0.426 e. The van der Waals surface area contributed by atoms with Gasteiger partial charge in [-0.3, -0.25) is 0 Å². The van der Waals surface area contributed by atoms with Crippen molar-refractivity contribution in [2.24, 2.45) is 0 Å². The molecule has 0 aliphatic carbocycles. The van der Waals surface area contributed by atoms with Gasteiger partial charge in [0, 0.05) is 12.5 Å². The topological polar surface area (TPSA) is 65.0 Å². The predicted octanol–water partition coefficient (Wildman–Crippen LogP) is 5.64. The summed E-state index contributed by atoms with van der Waals surface area (Å²) in [6.07, 6.45) is -7.16. The van der Waals surface area contributed by atoms with E-state index < -0.39 is 30.2 Å². The number of hydrogen-bond donors (Lipinski definition) is 1. The number of ether oxygens (including phenoxy) is 3. The Labute approximate surface area is 174 Å². The third-order valence-corrected chi connectivity index (χ3v) is 3.91. The number of hydrogen-bond acceptors (Lipinski definition) is 4. The van der Waals surface area contributed by atoms with Crippen molar-refractivity contribution in [1.29, 1.82) is 0 Å². The van der Waals surface area contributed by atoms with E-state index in [-0.39, 0.29) is 30.3 Å². The zero-order chi connectivity index (χ0) is 23.1. The van der Waals surface area contributed by atoms with Crippen LogP contribution < -0.4 is 14.2 Å². The third-order valence-electron chi connectivity index (χ3n) is 3.91. The quantitative estimate of drug-likeness (QED) is 0.291. The second-order valence-electron chi connectivity index (χ2n) is 6.29. The number of methoxy groups -OCH3 is 1. The Bertz CT molecular complexity index is 907. The number of halogens is 5. The van der Waals surface area contributed by atoms with Crippen molar-refractivity contribution in [1.82, 2.24) is 0 Å². The van der Waals surface area contributed by atoms with Crippen molar-refractivity contribution in [2.45, 2.75) is 25.1 Å². The van der Waals surface area contributed by atoms with Gasteiger partial charge in [-0.05, 0) is 48.4 Å². The summed E-state index contributed by atoms with van der Waals surface area (Å²) in [6.45, 7) is -0.259. The molecule has 0 saturated carbocycles. The first-order chi connectivity index (χ1) is 14.5. The largest absolute Gasteiger partial charge is 0.493 e. The highest BCUT2D eigenvalue weighted by Crippen LogP contribution is 2.37. The Hall–Kier alpha value is -3.30. The fraction of sp³-hybridized carbons (Fsp3) is 0.286. The normalized spacial score (nSPS) is 12.1. The van der Waals surface area contributed by atoms with Crippen molar-refractivity contribution in [3.05, 3.63) is 59.7 Å².